The summed E-state index contributed by atoms with van der Waals surface area (Å²) in [5, 5.41) is 0. The lowest BCUT2D eigenvalue weighted by Gasteiger charge is -2.41. The highest BCUT2D eigenvalue weighted by molar-refractivity contribution is 5.79. The first kappa shape index (κ1) is 13.6. The highest BCUT2D eigenvalue weighted by atomic mass is 19.4. The quantitative estimate of drug-likeness (QED) is 0.826. The lowest BCUT2D eigenvalue weighted by Crippen LogP contribution is -2.54. The molecule has 104 valence electrons. The summed E-state index contributed by atoms with van der Waals surface area (Å²) in [6.45, 7) is 1.92. The number of carbonyl (C=O) groups excluding carboxylic acids is 1. The van der Waals surface area contributed by atoms with Crippen molar-refractivity contribution in [2.45, 2.75) is 31.9 Å². The van der Waals surface area contributed by atoms with Gasteiger partial charge in [0, 0.05) is 24.9 Å². The molecule has 0 unspecified atom stereocenters. The molecule has 0 spiro atoms. The molecule has 1 saturated carbocycles. The monoisotopic (exact) mass is 264 g/mol. The number of hydrogen-bond acceptors (Lipinski definition) is 2. The molecule has 0 aromatic rings. The number of rotatable bonds is 2. The summed E-state index contributed by atoms with van der Waals surface area (Å²) < 4.78 is 37.5. The number of alkyl halides is 3. The largest absolute Gasteiger partial charge is 0.391 e. The Morgan fingerprint density at radius 3 is 2.17 bits per heavy atom. The number of halogens is 3. The molecule has 1 heterocycles. The Hall–Kier alpha value is -0.780. The van der Waals surface area contributed by atoms with Gasteiger partial charge in [-0.15, -0.1) is 0 Å². The van der Waals surface area contributed by atoms with Gasteiger partial charge >= 0.3 is 6.18 Å². The average Bonchev–Trinajstić information content (AvgIpc) is 2.26. The smallest absolute Gasteiger partial charge is 0.342 e. The third-order valence-electron chi connectivity index (χ3n) is 4.14. The highest BCUT2D eigenvalue weighted by Gasteiger charge is 2.43. The molecule has 0 radical (unpaired) electrons. The summed E-state index contributed by atoms with van der Waals surface area (Å²) in [5.74, 6) is -1.02. The SMILES string of the molecule is NCC1CN(C(=O)C2CCC(C(F)(F)F)CC2)C1. The summed E-state index contributed by atoms with van der Waals surface area (Å²) in [5.41, 5.74) is 5.48. The van der Waals surface area contributed by atoms with Crippen LogP contribution in [0.4, 0.5) is 13.2 Å². The second-order valence-electron chi connectivity index (χ2n) is 5.44. The minimum Gasteiger partial charge on any atom is -0.342 e. The molecule has 0 bridgehead atoms. The van der Waals surface area contributed by atoms with Gasteiger partial charge in [-0.1, -0.05) is 0 Å². The Labute approximate surface area is 104 Å². The van der Waals surface area contributed by atoms with Crippen LogP contribution in [0.2, 0.25) is 0 Å². The maximum absolute atomic E-state index is 12.5. The number of likely N-dealkylation sites (tertiary alicyclic amines) is 1. The Kier molecular flexibility index (Phi) is 3.84. The van der Waals surface area contributed by atoms with Crippen molar-refractivity contribution in [2.24, 2.45) is 23.5 Å². The van der Waals surface area contributed by atoms with Gasteiger partial charge in [-0.3, -0.25) is 4.79 Å². The third-order valence-corrected chi connectivity index (χ3v) is 4.14. The summed E-state index contributed by atoms with van der Waals surface area (Å²) in [6, 6.07) is 0. The van der Waals surface area contributed by atoms with E-state index in [0.717, 1.165) is 0 Å². The van der Waals surface area contributed by atoms with Crippen LogP contribution in [0, 0.1) is 17.8 Å². The molecule has 3 nitrogen and oxygen atoms in total. The van der Waals surface area contributed by atoms with E-state index in [1.807, 2.05) is 0 Å². The highest BCUT2D eigenvalue weighted by Crippen LogP contribution is 2.40. The first-order chi connectivity index (χ1) is 8.41. The molecule has 2 rings (SSSR count). The topological polar surface area (TPSA) is 46.3 Å². The Morgan fingerprint density at radius 2 is 1.72 bits per heavy atom. The van der Waals surface area contributed by atoms with Gasteiger partial charge in [0.15, 0.2) is 0 Å². The molecule has 6 heteroatoms. The van der Waals surface area contributed by atoms with Gasteiger partial charge in [0.2, 0.25) is 5.91 Å². The van der Waals surface area contributed by atoms with Crippen molar-refractivity contribution in [2.75, 3.05) is 19.6 Å². The maximum atomic E-state index is 12.5. The van der Waals surface area contributed by atoms with Gasteiger partial charge in [-0.25, -0.2) is 0 Å². The molecule has 2 fully saturated rings. The standard InChI is InChI=1S/C12H19F3N2O/c13-12(14,15)10-3-1-9(2-4-10)11(18)17-6-8(5-16)7-17/h8-10H,1-7,16H2. The lowest BCUT2D eigenvalue weighted by molar-refractivity contribution is -0.185. The van der Waals surface area contributed by atoms with E-state index in [9.17, 15) is 18.0 Å². The molecular formula is C12H19F3N2O. The molecule has 2 aliphatic rings. The van der Waals surface area contributed by atoms with Crippen LogP contribution in [0.1, 0.15) is 25.7 Å². The van der Waals surface area contributed by atoms with E-state index in [1.165, 1.54) is 0 Å². The molecule has 1 aliphatic carbocycles. The molecule has 0 aromatic heterocycles. The fourth-order valence-electron chi connectivity index (χ4n) is 2.82. The van der Waals surface area contributed by atoms with Crippen LogP contribution in [-0.2, 0) is 4.79 Å². The zero-order valence-electron chi connectivity index (χ0n) is 10.2. The second-order valence-corrected chi connectivity index (χ2v) is 5.44. The van der Waals surface area contributed by atoms with Crippen molar-refractivity contribution in [3.63, 3.8) is 0 Å². The van der Waals surface area contributed by atoms with Crippen LogP contribution in [0.25, 0.3) is 0 Å². The summed E-state index contributed by atoms with van der Waals surface area (Å²) in [4.78, 5) is 13.7. The van der Waals surface area contributed by atoms with Crippen molar-refractivity contribution < 1.29 is 18.0 Å². The van der Waals surface area contributed by atoms with Gasteiger partial charge in [0.05, 0.1) is 5.92 Å². The lowest BCUT2D eigenvalue weighted by atomic mass is 9.80. The van der Waals surface area contributed by atoms with E-state index in [1.54, 1.807) is 4.90 Å². The van der Waals surface area contributed by atoms with Crippen molar-refractivity contribution in [3.8, 4) is 0 Å². The van der Waals surface area contributed by atoms with Gasteiger partial charge in [0.25, 0.3) is 0 Å². The van der Waals surface area contributed by atoms with Crippen LogP contribution in [0.5, 0.6) is 0 Å². The Morgan fingerprint density at radius 1 is 1.17 bits per heavy atom. The van der Waals surface area contributed by atoms with Gasteiger partial charge in [0.1, 0.15) is 0 Å². The third kappa shape index (κ3) is 2.79. The van der Waals surface area contributed by atoms with Crippen LogP contribution in [-0.4, -0.2) is 36.6 Å². The first-order valence-electron chi connectivity index (χ1n) is 6.47. The van der Waals surface area contributed by atoms with Crippen molar-refractivity contribution >= 4 is 5.91 Å². The molecule has 1 saturated heterocycles. The predicted molar refractivity (Wildman–Crippen MR) is 60.6 cm³/mol. The van der Waals surface area contributed by atoms with Crippen molar-refractivity contribution in [1.82, 2.24) is 4.90 Å². The van der Waals surface area contributed by atoms with E-state index in [4.69, 9.17) is 5.73 Å². The van der Waals surface area contributed by atoms with E-state index in [0.29, 0.717) is 38.4 Å². The van der Waals surface area contributed by atoms with Crippen molar-refractivity contribution in [1.29, 1.82) is 0 Å². The fraction of sp³-hybridized carbons (Fsp3) is 0.917. The minimum atomic E-state index is -4.10. The van der Waals surface area contributed by atoms with E-state index < -0.39 is 12.1 Å². The molecule has 0 aromatic carbocycles. The van der Waals surface area contributed by atoms with E-state index in [-0.39, 0.29) is 24.7 Å². The van der Waals surface area contributed by atoms with Crippen LogP contribution >= 0.6 is 0 Å². The van der Waals surface area contributed by atoms with Gasteiger partial charge < -0.3 is 10.6 Å². The number of nitrogens with zero attached hydrogens (tertiary/aromatic N) is 1. The zero-order chi connectivity index (χ0) is 13.3. The Bertz CT molecular complexity index is 305. The molecule has 2 N–H and O–H groups in total. The molecule has 18 heavy (non-hydrogen) atoms. The van der Waals surface area contributed by atoms with Gasteiger partial charge in [-0.2, -0.15) is 13.2 Å². The van der Waals surface area contributed by atoms with E-state index >= 15 is 0 Å². The molecule has 0 atom stereocenters. The summed E-state index contributed by atoms with van der Waals surface area (Å²) in [7, 11) is 0. The van der Waals surface area contributed by atoms with Crippen LogP contribution in [0.3, 0.4) is 0 Å². The zero-order valence-corrected chi connectivity index (χ0v) is 10.2. The average molecular weight is 264 g/mol. The number of carbonyl (C=O) groups is 1. The van der Waals surface area contributed by atoms with E-state index in [2.05, 4.69) is 0 Å². The number of amides is 1. The second kappa shape index (κ2) is 5.07. The number of hydrogen-bond donors (Lipinski definition) is 1. The van der Waals surface area contributed by atoms with Gasteiger partial charge in [-0.05, 0) is 32.2 Å². The van der Waals surface area contributed by atoms with Crippen LogP contribution in [0.15, 0.2) is 0 Å². The minimum absolute atomic E-state index is 0.0281. The first-order valence-corrected chi connectivity index (χ1v) is 6.47. The number of nitrogens with two attached hydrogens (primary N) is 1. The molecular weight excluding hydrogens is 245 g/mol. The van der Waals surface area contributed by atoms with Crippen LogP contribution < -0.4 is 5.73 Å². The fourth-order valence-corrected chi connectivity index (χ4v) is 2.82. The Balaban J connectivity index is 1.78. The summed E-state index contributed by atoms with van der Waals surface area (Å²) >= 11 is 0. The van der Waals surface area contributed by atoms with Crippen molar-refractivity contribution in [3.05, 3.63) is 0 Å². The normalized spacial score (nSPS) is 30.1. The summed E-state index contributed by atoms with van der Waals surface area (Å²) in [6.07, 6.45) is -3.18. The molecule has 1 amide bonds. The maximum Gasteiger partial charge on any atom is 0.391 e. The predicted octanol–water partition coefficient (Wildman–Crippen LogP) is 1.77. The molecule has 1 aliphatic heterocycles.